The zero-order valence-corrected chi connectivity index (χ0v) is 9.34. The van der Waals surface area contributed by atoms with E-state index in [9.17, 15) is 4.79 Å². The second-order valence-corrected chi connectivity index (χ2v) is 4.46. The minimum absolute atomic E-state index is 0.0116. The molecule has 0 amide bonds. The largest absolute Gasteiger partial charge is 0.308 e. The summed E-state index contributed by atoms with van der Waals surface area (Å²) in [5, 5.41) is 3.49. The predicted molar refractivity (Wildman–Crippen MR) is 61.0 cm³/mol. The fourth-order valence-corrected chi connectivity index (χ4v) is 2.40. The van der Waals surface area contributed by atoms with E-state index in [1.165, 1.54) is 6.42 Å². The molecule has 0 aliphatic carbocycles. The third kappa shape index (κ3) is 1.82. The minimum Gasteiger partial charge on any atom is -0.308 e. The lowest BCUT2D eigenvalue weighted by Gasteiger charge is -2.27. The van der Waals surface area contributed by atoms with Gasteiger partial charge in [0, 0.05) is 11.1 Å². The van der Waals surface area contributed by atoms with Crippen molar-refractivity contribution in [2.24, 2.45) is 0 Å². The number of rotatable bonds is 2. The maximum absolute atomic E-state index is 11.5. The predicted octanol–water partition coefficient (Wildman–Crippen LogP) is 2.49. The maximum Gasteiger partial charge on any atom is 0.160 e. The van der Waals surface area contributed by atoms with Gasteiger partial charge in [-0.05, 0) is 38.8 Å². The molecule has 0 spiro atoms. The van der Waals surface area contributed by atoms with E-state index < -0.39 is 0 Å². The van der Waals surface area contributed by atoms with E-state index in [2.05, 4.69) is 18.3 Å². The Balaban J connectivity index is 2.47. The minimum atomic E-state index is -0.0116. The normalized spacial score (nSPS) is 25.5. The maximum atomic E-state index is 11.5. The Morgan fingerprint density at radius 2 is 2.13 bits per heavy atom. The van der Waals surface area contributed by atoms with Crippen molar-refractivity contribution >= 4 is 5.78 Å². The molecule has 0 aromatic heterocycles. The zero-order chi connectivity index (χ0) is 10.9. The molecule has 1 aliphatic heterocycles. The Kier molecular flexibility index (Phi) is 2.61. The number of carbonyl (C=O) groups is 1. The van der Waals surface area contributed by atoms with Crippen molar-refractivity contribution < 1.29 is 4.79 Å². The number of Topliss-reactive ketones (excluding diaryl/α,β-unsaturated/α-hetero) is 1. The second kappa shape index (κ2) is 3.78. The van der Waals surface area contributed by atoms with Gasteiger partial charge in [-0.25, -0.2) is 0 Å². The van der Waals surface area contributed by atoms with Crippen LogP contribution in [0.2, 0.25) is 0 Å². The summed E-state index contributed by atoms with van der Waals surface area (Å²) in [6, 6.07) is 7.92. The van der Waals surface area contributed by atoms with Gasteiger partial charge in [0.2, 0.25) is 0 Å². The summed E-state index contributed by atoms with van der Waals surface area (Å²) in [6.07, 6.45) is 2.29. The van der Waals surface area contributed by atoms with Crippen molar-refractivity contribution in [2.75, 3.05) is 6.54 Å². The van der Waals surface area contributed by atoms with E-state index in [1.807, 2.05) is 18.2 Å². The smallest absolute Gasteiger partial charge is 0.160 e. The summed E-state index contributed by atoms with van der Waals surface area (Å²) < 4.78 is 0. The van der Waals surface area contributed by atoms with Gasteiger partial charge in [0.25, 0.3) is 0 Å². The Bertz CT molecular complexity index is 378. The number of hydrogen-bond donors (Lipinski definition) is 1. The first-order chi connectivity index (χ1) is 7.13. The third-order valence-electron chi connectivity index (χ3n) is 3.27. The summed E-state index contributed by atoms with van der Waals surface area (Å²) in [6.45, 7) is 4.86. The molecule has 2 nitrogen and oxygen atoms in total. The molecule has 2 rings (SSSR count). The van der Waals surface area contributed by atoms with Gasteiger partial charge in [0.05, 0.1) is 0 Å². The van der Waals surface area contributed by atoms with Crippen LogP contribution in [0.3, 0.4) is 0 Å². The van der Waals surface area contributed by atoms with Crippen LogP contribution in [0, 0.1) is 0 Å². The van der Waals surface area contributed by atoms with Gasteiger partial charge >= 0.3 is 0 Å². The van der Waals surface area contributed by atoms with Crippen LogP contribution in [0.4, 0.5) is 0 Å². The molecular weight excluding hydrogens is 186 g/mol. The van der Waals surface area contributed by atoms with Gasteiger partial charge in [-0.2, -0.15) is 0 Å². The van der Waals surface area contributed by atoms with Gasteiger partial charge in [0.1, 0.15) is 0 Å². The average molecular weight is 203 g/mol. The van der Waals surface area contributed by atoms with Crippen LogP contribution in [0.25, 0.3) is 0 Å². The fourth-order valence-electron chi connectivity index (χ4n) is 2.40. The SMILES string of the molecule is CC(=O)c1ccccc1[C@@]1(C)CCCN1. The Morgan fingerprint density at radius 1 is 1.40 bits per heavy atom. The molecule has 1 aromatic rings. The van der Waals surface area contributed by atoms with Crippen molar-refractivity contribution in [1.29, 1.82) is 0 Å². The number of nitrogens with one attached hydrogen (secondary N) is 1. The third-order valence-corrected chi connectivity index (χ3v) is 3.27. The summed E-state index contributed by atoms with van der Waals surface area (Å²) in [4.78, 5) is 11.5. The lowest BCUT2D eigenvalue weighted by molar-refractivity contribution is 0.101. The van der Waals surface area contributed by atoms with E-state index in [0.717, 1.165) is 24.1 Å². The Hall–Kier alpha value is -1.15. The van der Waals surface area contributed by atoms with Crippen LogP contribution in [0.5, 0.6) is 0 Å². The molecule has 1 N–H and O–H groups in total. The van der Waals surface area contributed by atoms with Crippen molar-refractivity contribution in [3.8, 4) is 0 Å². The van der Waals surface area contributed by atoms with Crippen LogP contribution in [0.1, 0.15) is 42.6 Å². The monoisotopic (exact) mass is 203 g/mol. The molecule has 80 valence electrons. The van der Waals surface area contributed by atoms with Gasteiger partial charge in [-0.3, -0.25) is 4.79 Å². The van der Waals surface area contributed by atoms with Crippen molar-refractivity contribution in [3.63, 3.8) is 0 Å². The van der Waals surface area contributed by atoms with Gasteiger partial charge in [0.15, 0.2) is 5.78 Å². The standard InChI is InChI=1S/C13H17NO/c1-10(15)11-6-3-4-7-12(11)13(2)8-5-9-14-13/h3-4,6-7,14H,5,8-9H2,1-2H3/t13-/m1/s1. The van der Waals surface area contributed by atoms with E-state index in [1.54, 1.807) is 6.92 Å². The number of benzene rings is 1. The molecule has 2 heteroatoms. The summed E-state index contributed by atoms with van der Waals surface area (Å²) in [7, 11) is 0. The first-order valence-electron chi connectivity index (χ1n) is 5.49. The van der Waals surface area contributed by atoms with Crippen molar-refractivity contribution in [2.45, 2.75) is 32.2 Å². The van der Waals surface area contributed by atoms with Crippen LogP contribution in [-0.4, -0.2) is 12.3 Å². The summed E-state index contributed by atoms with van der Waals surface area (Å²) in [5.74, 6) is 0.153. The van der Waals surface area contributed by atoms with Gasteiger partial charge < -0.3 is 5.32 Å². The Labute approximate surface area is 90.7 Å². The summed E-state index contributed by atoms with van der Waals surface area (Å²) >= 11 is 0. The highest BCUT2D eigenvalue weighted by Crippen LogP contribution is 2.32. The highest BCUT2D eigenvalue weighted by atomic mass is 16.1. The molecule has 0 radical (unpaired) electrons. The first-order valence-corrected chi connectivity index (χ1v) is 5.49. The lowest BCUT2D eigenvalue weighted by Crippen LogP contribution is -2.34. The van der Waals surface area contributed by atoms with E-state index >= 15 is 0 Å². The molecule has 1 atom stereocenters. The zero-order valence-electron chi connectivity index (χ0n) is 9.34. The highest BCUT2D eigenvalue weighted by Gasteiger charge is 2.32. The number of hydrogen-bond acceptors (Lipinski definition) is 2. The Morgan fingerprint density at radius 3 is 2.73 bits per heavy atom. The van der Waals surface area contributed by atoms with Crippen LogP contribution in [0.15, 0.2) is 24.3 Å². The molecular formula is C13H17NO. The van der Waals surface area contributed by atoms with Crippen LogP contribution < -0.4 is 5.32 Å². The van der Waals surface area contributed by atoms with E-state index in [4.69, 9.17) is 0 Å². The van der Waals surface area contributed by atoms with Crippen LogP contribution in [-0.2, 0) is 5.54 Å². The molecule has 1 aromatic carbocycles. The van der Waals surface area contributed by atoms with Gasteiger partial charge in [-0.15, -0.1) is 0 Å². The van der Waals surface area contributed by atoms with Crippen LogP contribution >= 0.6 is 0 Å². The van der Waals surface area contributed by atoms with Crippen molar-refractivity contribution in [3.05, 3.63) is 35.4 Å². The fraction of sp³-hybridized carbons (Fsp3) is 0.462. The number of carbonyl (C=O) groups excluding carboxylic acids is 1. The molecule has 1 saturated heterocycles. The summed E-state index contributed by atoms with van der Waals surface area (Å²) in [5.41, 5.74) is 1.99. The highest BCUT2D eigenvalue weighted by molar-refractivity contribution is 5.95. The first kappa shape index (κ1) is 10.4. The molecule has 1 aliphatic rings. The van der Waals surface area contributed by atoms with Crippen molar-refractivity contribution in [1.82, 2.24) is 5.32 Å². The molecule has 0 saturated carbocycles. The quantitative estimate of drug-likeness (QED) is 0.748. The molecule has 15 heavy (non-hydrogen) atoms. The molecule has 1 heterocycles. The second-order valence-electron chi connectivity index (χ2n) is 4.46. The molecule has 0 bridgehead atoms. The van der Waals surface area contributed by atoms with E-state index in [-0.39, 0.29) is 11.3 Å². The number of ketones is 1. The molecule has 1 fully saturated rings. The van der Waals surface area contributed by atoms with Gasteiger partial charge in [-0.1, -0.05) is 24.3 Å². The lowest BCUT2D eigenvalue weighted by atomic mass is 9.86. The van der Waals surface area contributed by atoms with E-state index in [0.29, 0.717) is 0 Å². The topological polar surface area (TPSA) is 29.1 Å². The molecule has 0 unspecified atom stereocenters. The average Bonchev–Trinajstić information content (AvgIpc) is 2.66.